The SMILES string of the molecule is NC(=O)O[SH]1C=CC=C1. The standard InChI is InChI=1S/C5H7NO2S/c6-5(7)8-9-3-1-2-4-9/h1-4,9H,(H2,6,7). The number of hydrogen-bond donors (Lipinski definition) is 2. The number of carbonyl (C=O) groups excluding carboxylic acids is 1. The molecular formula is C5H7NO2S. The zero-order valence-corrected chi connectivity index (χ0v) is 5.54. The van der Waals surface area contributed by atoms with Crippen LogP contribution in [0.25, 0.3) is 0 Å². The van der Waals surface area contributed by atoms with Gasteiger partial charge in [0, 0.05) is 0 Å². The monoisotopic (exact) mass is 145 g/mol. The fourth-order valence-electron chi connectivity index (χ4n) is 0.483. The summed E-state index contributed by atoms with van der Waals surface area (Å²) in [6.45, 7) is 0. The minimum absolute atomic E-state index is 0.711. The first kappa shape index (κ1) is 6.22. The third-order valence-electron chi connectivity index (χ3n) is 0.772. The largest absolute Gasteiger partial charge is 0.415 e. The van der Waals surface area contributed by atoms with E-state index in [-0.39, 0.29) is 0 Å². The Labute approximate surface area is 55.7 Å². The first-order valence-corrected chi connectivity index (χ1v) is 3.79. The van der Waals surface area contributed by atoms with Crippen LogP contribution in [0, 0.1) is 0 Å². The summed E-state index contributed by atoms with van der Waals surface area (Å²) in [4.78, 5) is 10.1. The van der Waals surface area contributed by atoms with Gasteiger partial charge in [0.05, 0.1) is 0 Å². The maximum atomic E-state index is 10.1. The average molecular weight is 145 g/mol. The molecule has 3 nitrogen and oxygen atoms in total. The van der Waals surface area contributed by atoms with E-state index in [9.17, 15) is 4.79 Å². The number of hydrogen-bond acceptors (Lipinski definition) is 2. The molecule has 0 atom stereocenters. The van der Waals surface area contributed by atoms with Crippen LogP contribution in [0.4, 0.5) is 4.79 Å². The van der Waals surface area contributed by atoms with Crippen LogP contribution in [0.15, 0.2) is 23.0 Å². The Balaban J connectivity index is 2.37. The molecule has 0 bridgehead atoms. The highest BCUT2D eigenvalue weighted by molar-refractivity contribution is 8.18. The van der Waals surface area contributed by atoms with Crippen LogP contribution in [0.2, 0.25) is 0 Å². The quantitative estimate of drug-likeness (QED) is 0.541. The van der Waals surface area contributed by atoms with Crippen LogP contribution >= 0.6 is 11.2 Å². The van der Waals surface area contributed by atoms with Crippen LogP contribution < -0.4 is 5.73 Å². The maximum absolute atomic E-state index is 10.1. The molecule has 1 aliphatic heterocycles. The fraction of sp³-hybridized carbons (Fsp3) is 0. The number of allylic oxidation sites excluding steroid dienone is 2. The molecule has 0 aliphatic carbocycles. The van der Waals surface area contributed by atoms with Gasteiger partial charge in [0.15, 0.2) is 0 Å². The molecule has 0 aromatic rings. The van der Waals surface area contributed by atoms with Crippen molar-refractivity contribution in [3.63, 3.8) is 0 Å². The second-order valence-electron chi connectivity index (χ2n) is 1.45. The Bertz CT molecular complexity index is 164. The van der Waals surface area contributed by atoms with E-state index in [0.29, 0.717) is 0 Å². The van der Waals surface area contributed by atoms with Gasteiger partial charge in [0.25, 0.3) is 0 Å². The predicted molar refractivity (Wildman–Crippen MR) is 37.9 cm³/mol. The minimum atomic E-state index is -0.820. The first-order valence-electron chi connectivity index (χ1n) is 2.40. The van der Waals surface area contributed by atoms with Crippen molar-refractivity contribution in [2.75, 3.05) is 0 Å². The van der Waals surface area contributed by atoms with Crippen LogP contribution in [0.3, 0.4) is 0 Å². The van der Waals surface area contributed by atoms with Crippen molar-refractivity contribution in [1.29, 1.82) is 0 Å². The number of thiol groups is 1. The zero-order valence-electron chi connectivity index (χ0n) is 4.65. The summed E-state index contributed by atoms with van der Waals surface area (Å²) in [6.07, 6.45) is 2.95. The molecule has 9 heavy (non-hydrogen) atoms. The molecule has 1 amide bonds. The lowest BCUT2D eigenvalue weighted by Gasteiger charge is -2.06. The lowest BCUT2D eigenvalue weighted by atomic mass is 10.6. The third kappa shape index (κ3) is 1.81. The summed E-state index contributed by atoms with van der Waals surface area (Å²) < 4.78 is 4.64. The smallest absolute Gasteiger partial charge is 0.394 e. The summed E-state index contributed by atoms with van der Waals surface area (Å²) in [5.41, 5.74) is 4.76. The van der Waals surface area contributed by atoms with E-state index in [2.05, 4.69) is 4.18 Å². The highest BCUT2D eigenvalue weighted by atomic mass is 32.2. The summed E-state index contributed by atoms with van der Waals surface area (Å²) in [6, 6.07) is 0. The lowest BCUT2D eigenvalue weighted by molar-refractivity contribution is 0.218. The van der Waals surface area contributed by atoms with E-state index in [1.165, 1.54) is 0 Å². The molecule has 0 aromatic heterocycles. The first-order chi connectivity index (χ1) is 4.29. The average Bonchev–Trinajstić information content (AvgIpc) is 2.15. The number of primary amides is 1. The predicted octanol–water partition coefficient (Wildman–Crippen LogP) is 1.04. The van der Waals surface area contributed by atoms with Crippen molar-refractivity contribution in [2.24, 2.45) is 5.73 Å². The van der Waals surface area contributed by atoms with Gasteiger partial charge in [-0.15, -0.1) is 0 Å². The van der Waals surface area contributed by atoms with Crippen LogP contribution in [0.5, 0.6) is 0 Å². The molecule has 0 unspecified atom stereocenters. The maximum Gasteiger partial charge on any atom is 0.415 e. The number of amides is 1. The van der Waals surface area contributed by atoms with E-state index < -0.39 is 17.3 Å². The van der Waals surface area contributed by atoms with Gasteiger partial charge >= 0.3 is 6.09 Å². The Morgan fingerprint density at radius 1 is 1.44 bits per heavy atom. The van der Waals surface area contributed by atoms with Gasteiger partial charge in [0.1, 0.15) is 0 Å². The van der Waals surface area contributed by atoms with Crippen molar-refractivity contribution in [3.05, 3.63) is 23.0 Å². The molecule has 1 rings (SSSR count). The fourth-order valence-corrected chi connectivity index (χ4v) is 1.45. The van der Waals surface area contributed by atoms with Crippen LogP contribution in [-0.4, -0.2) is 6.09 Å². The number of carbonyl (C=O) groups is 1. The number of rotatable bonds is 1. The van der Waals surface area contributed by atoms with E-state index >= 15 is 0 Å². The van der Waals surface area contributed by atoms with Gasteiger partial charge in [0.2, 0.25) is 0 Å². The van der Waals surface area contributed by atoms with Gasteiger partial charge in [-0.1, -0.05) is 23.3 Å². The Morgan fingerprint density at radius 3 is 2.44 bits per heavy atom. The highest BCUT2D eigenvalue weighted by Crippen LogP contribution is 2.33. The molecule has 1 heterocycles. The lowest BCUT2D eigenvalue weighted by Crippen LogP contribution is -2.09. The topological polar surface area (TPSA) is 52.3 Å². The molecule has 0 fully saturated rings. The number of nitrogens with two attached hydrogens (primary N) is 1. The van der Waals surface area contributed by atoms with E-state index in [4.69, 9.17) is 5.73 Å². The van der Waals surface area contributed by atoms with E-state index in [1.54, 1.807) is 10.8 Å². The molecule has 0 spiro atoms. The van der Waals surface area contributed by atoms with Gasteiger partial charge in [-0.2, -0.15) is 0 Å². The van der Waals surface area contributed by atoms with Crippen molar-refractivity contribution < 1.29 is 8.98 Å². The molecule has 1 aliphatic rings. The van der Waals surface area contributed by atoms with Crippen molar-refractivity contribution >= 4 is 17.3 Å². The summed E-state index contributed by atoms with van der Waals surface area (Å²) >= 11 is -0.820. The molecule has 4 heteroatoms. The summed E-state index contributed by atoms with van der Waals surface area (Å²) in [5, 5.41) is 3.61. The normalized spacial score (nSPS) is 18.4. The molecule has 2 N–H and O–H groups in total. The second kappa shape index (κ2) is 2.59. The van der Waals surface area contributed by atoms with Crippen molar-refractivity contribution in [3.8, 4) is 0 Å². The molecule has 50 valence electrons. The Kier molecular flexibility index (Phi) is 1.79. The molecule has 0 saturated heterocycles. The Morgan fingerprint density at radius 2 is 2.00 bits per heavy atom. The minimum Gasteiger partial charge on any atom is -0.394 e. The second-order valence-corrected chi connectivity index (χ2v) is 2.95. The third-order valence-corrected chi connectivity index (χ3v) is 2.10. The van der Waals surface area contributed by atoms with Gasteiger partial charge in [-0.25, -0.2) is 4.79 Å². The van der Waals surface area contributed by atoms with E-state index in [1.807, 2.05) is 12.2 Å². The van der Waals surface area contributed by atoms with E-state index in [0.717, 1.165) is 0 Å². The molecule has 0 saturated carbocycles. The Hall–Kier alpha value is -0.900. The van der Waals surface area contributed by atoms with Crippen LogP contribution in [-0.2, 0) is 4.18 Å². The van der Waals surface area contributed by atoms with Crippen LogP contribution in [0.1, 0.15) is 0 Å². The van der Waals surface area contributed by atoms with Crippen molar-refractivity contribution in [1.82, 2.24) is 0 Å². The van der Waals surface area contributed by atoms with Gasteiger partial charge in [-0.3, -0.25) is 0 Å². The molecule has 0 radical (unpaired) electrons. The highest BCUT2D eigenvalue weighted by Gasteiger charge is 2.00. The summed E-state index contributed by atoms with van der Waals surface area (Å²) in [5.74, 6) is 0. The van der Waals surface area contributed by atoms with Gasteiger partial charge in [-0.05, 0) is 10.8 Å². The molecular weight excluding hydrogens is 138 g/mol. The van der Waals surface area contributed by atoms with Crippen molar-refractivity contribution in [2.45, 2.75) is 0 Å². The zero-order chi connectivity index (χ0) is 6.69. The molecule has 0 aromatic carbocycles. The summed E-state index contributed by atoms with van der Waals surface area (Å²) in [7, 11) is 0. The van der Waals surface area contributed by atoms with Gasteiger partial charge < -0.3 is 9.92 Å².